The van der Waals surface area contributed by atoms with Crippen LogP contribution in [0.3, 0.4) is 0 Å². The molecule has 43 heavy (non-hydrogen) atoms. The third kappa shape index (κ3) is 6.90. The molecule has 2 atom stereocenters. The van der Waals surface area contributed by atoms with E-state index in [1.165, 1.54) is 16.6 Å². The smallest absolute Gasteiger partial charge is 0.414 e. The van der Waals surface area contributed by atoms with Crippen LogP contribution in [0.25, 0.3) is 11.0 Å². The largest absolute Gasteiger partial charge is 0.497 e. The second-order valence-corrected chi connectivity index (χ2v) is 10.9. The third-order valence-corrected chi connectivity index (χ3v) is 6.64. The van der Waals surface area contributed by atoms with Crippen LogP contribution in [-0.4, -0.2) is 78.8 Å². The molecule has 1 aromatic heterocycles. The zero-order valence-corrected chi connectivity index (χ0v) is 24.2. The Bertz CT molecular complexity index is 1600. The fourth-order valence-corrected chi connectivity index (χ4v) is 4.66. The summed E-state index contributed by atoms with van der Waals surface area (Å²) in [5.74, 6) is 0.995. The Balaban J connectivity index is 1.31. The summed E-state index contributed by atoms with van der Waals surface area (Å²) in [4.78, 5) is 57.3. The number of nitrogens with zero attached hydrogens (tertiary/aromatic N) is 3. The zero-order chi connectivity index (χ0) is 30.7. The zero-order valence-electron chi connectivity index (χ0n) is 24.2. The number of alkyl carbamates (subject to hydrolysis) is 1. The molecule has 1 saturated heterocycles. The van der Waals surface area contributed by atoms with Gasteiger partial charge in [0.15, 0.2) is 11.5 Å². The van der Waals surface area contributed by atoms with Gasteiger partial charge in [-0.2, -0.15) is 0 Å². The molecule has 0 bridgehead atoms. The number of rotatable bonds is 8. The lowest BCUT2D eigenvalue weighted by molar-refractivity contribution is -0.123. The van der Waals surface area contributed by atoms with E-state index in [9.17, 15) is 19.2 Å². The van der Waals surface area contributed by atoms with Crippen molar-refractivity contribution in [1.82, 2.24) is 20.2 Å². The Labute approximate surface area is 246 Å². The molecule has 228 valence electrons. The van der Waals surface area contributed by atoms with E-state index >= 15 is 0 Å². The topological polar surface area (TPSA) is 160 Å². The number of carbonyl (C=O) groups excluding carboxylic acids is 3. The average molecular weight is 596 g/mol. The number of cyclic esters (lactones) is 1. The van der Waals surface area contributed by atoms with Gasteiger partial charge in [0.25, 0.3) is 5.56 Å². The quantitative estimate of drug-likeness (QED) is 0.395. The summed E-state index contributed by atoms with van der Waals surface area (Å²) in [7, 11) is 1.49. The fraction of sp³-hybridized carbons (Fsp3) is 0.414. The standard InChI is InChI=1S/C29H33N5O9/c1-29(2,3)43-27(37)32-21(16-34-22-12-18(39-4)6-7-20(22)30-14-25(34)35)26(36)31-13-19-15-33(28(38)42-19)17-5-8-23-24(11-17)41-10-9-40-23/h5-8,11-12,14,19,21H,9-10,13,15-16H2,1-4H3,(H,31,36)(H,32,37)/t19-,21?/m1/s1. The van der Waals surface area contributed by atoms with Crippen molar-refractivity contribution < 1.29 is 38.1 Å². The second kappa shape index (κ2) is 12.1. The van der Waals surface area contributed by atoms with Crippen molar-refractivity contribution in [3.63, 3.8) is 0 Å². The molecule has 2 aliphatic heterocycles. The predicted octanol–water partition coefficient (Wildman–Crippen LogP) is 2.21. The maximum Gasteiger partial charge on any atom is 0.414 e. The lowest BCUT2D eigenvalue weighted by atomic mass is 10.2. The SMILES string of the molecule is COc1ccc2ncc(=O)n(CC(NC(=O)OC(C)(C)C)C(=O)NC[C@@H]3CN(c4ccc5c(c4)OCCO5)C(=O)O3)c2c1. The third-order valence-electron chi connectivity index (χ3n) is 6.64. The van der Waals surface area contributed by atoms with Crippen LogP contribution in [0.1, 0.15) is 20.8 Å². The van der Waals surface area contributed by atoms with Gasteiger partial charge in [0.05, 0.1) is 49.7 Å². The summed E-state index contributed by atoms with van der Waals surface area (Å²) in [5.41, 5.74) is 0.161. The van der Waals surface area contributed by atoms with Crippen molar-refractivity contribution in [3.05, 3.63) is 52.9 Å². The molecule has 1 unspecified atom stereocenters. The molecule has 0 aliphatic carbocycles. The molecule has 2 N–H and O–H groups in total. The van der Waals surface area contributed by atoms with Crippen LogP contribution in [0.4, 0.5) is 15.3 Å². The van der Waals surface area contributed by atoms with E-state index < -0.39 is 41.4 Å². The molecule has 1 fully saturated rings. The number of benzene rings is 2. The summed E-state index contributed by atoms with van der Waals surface area (Å²) in [5, 5.41) is 5.29. The normalized spacial score (nSPS) is 16.8. The van der Waals surface area contributed by atoms with Crippen molar-refractivity contribution in [2.24, 2.45) is 0 Å². The minimum Gasteiger partial charge on any atom is -0.497 e. The molecule has 3 amide bonds. The lowest BCUT2D eigenvalue weighted by Gasteiger charge is -2.24. The number of carbonyl (C=O) groups is 3. The highest BCUT2D eigenvalue weighted by Gasteiger charge is 2.34. The average Bonchev–Trinajstić information content (AvgIpc) is 3.35. The predicted molar refractivity (Wildman–Crippen MR) is 154 cm³/mol. The van der Waals surface area contributed by atoms with Gasteiger partial charge in [-0.3, -0.25) is 14.5 Å². The van der Waals surface area contributed by atoms with E-state index in [-0.39, 0.29) is 19.6 Å². The maximum atomic E-state index is 13.4. The number of hydrogen-bond donors (Lipinski definition) is 2. The van der Waals surface area contributed by atoms with E-state index in [0.717, 1.165) is 6.20 Å². The molecule has 2 aliphatic rings. The lowest BCUT2D eigenvalue weighted by Crippen LogP contribution is -2.52. The number of nitrogens with one attached hydrogen (secondary N) is 2. The number of amides is 3. The van der Waals surface area contributed by atoms with Crippen molar-refractivity contribution in [2.75, 3.05) is 38.3 Å². The fourth-order valence-electron chi connectivity index (χ4n) is 4.66. The molecule has 14 nitrogen and oxygen atoms in total. The van der Waals surface area contributed by atoms with Crippen molar-refractivity contribution >= 4 is 34.8 Å². The van der Waals surface area contributed by atoms with E-state index in [4.69, 9.17) is 23.7 Å². The highest BCUT2D eigenvalue weighted by molar-refractivity contribution is 5.90. The highest BCUT2D eigenvalue weighted by atomic mass is 16.6. The minimum absolute atomic E-state index is 0.0437. The summed E-state index contributed by atoms with van der Waals surface area (Å²) < 4.78 is 28.6. The summed E-state index contributed by atoms with van der Waals surface area (Å²) in [6.07, 6.45) is -0.959. The minimum atomic E-state index is -1.23. The summed E-state index contributed by atoms with van der Waals surface area (Å²) in [6, 6.07) is 8.92. The van der Waals surface area contributed by atoms with Crippen molar-refractivity contribution in [3.8, 4) is 17.2 Å². The van der Waals surface area contributed by atoms with E-state index in [1.54, 1.807) is 57.2 Å². The van der Waals surface area contributed by atoms with Crippen LogP contribution in [0.2, 0.25) is 0 Å². The molecular weight excluding hydrogens is 562 g/mol. The van der Waals surface area contributed by atoms with Gasteiger partial charge in [0.2, 0.25) is 5.91 Å². The molecule has 2 aromatic carbocycles. The van der Waals surface area contributed by atoms with Gasteiger partial charge in [-0.25, -0.2) is 14.6 Å². The van der Waals surface area contributed by atoms with Crippen LogP contribution in [0.15, 0.2) is 47.4 Å². The van der Waals surface area contributed by atoms with Crippen molar-refractivity contribution in [1.29, 1.82) is 0 Å². The Morgan fingerprint density at radius 1 is 1.09 bits per heavy atom. The summed E-state index contributed by atoms with van der Waals surface area (Å²) >= 11 is 0. The Morgan fingerprint density at radius 2 is 1.86 bits per heavy atom. The number of fused-ring (bicyclic) bond motifs is 2. The first-order valence-electron chi connectivity index (χ1n) is 13.7. The molecule has 0 saturated carbocycles. The first kappa shape index (κ1) is 29.5. The first-order chi connectivity index (χ1) is 20.5. The monoisotopic (exact) mass is 595 g/mol. The van der Waals surface area contributed by atoms with Gasteiger partial charge in [-0.1, -0.05) is 0 Å². The second-order valence-electron chi connectivity index (χ2n) is 10.9. The van der Waals surface area contributed by atoms with E-state index in [1.807, 2.05) is 0 Å². The van der Waals surface area contributed by atoms with Gasteiger partial charge < -0.3 is 38.9 Å². The van der Waals surface area contributed by atoms with E-state index in [2.05, 4.69) is 15.6 Å². The molecule has 5 rings (SSSR count). The van der Waals surface area contributed by atoms with Gasteiger partial charge in [-0.15, -0.1) is 0 Å². The van der Waals surface area contributed by atoms with Crippen LogP contribution in [0, 0.1) is 0 Å². The number of aromatic nitrogens is 2. The Hall–Kier alpha value is -5.01. The van der Waals surface area contributed by atoms with Gasteiger partial charge >= 0.3 is 12.2 Å². The highest BCUT2D eigenvalue weighted by Crippen LogP contribution is 2.35. The Kier molecular flexibility index (Phi) is 8.28. The molecule has 0 spiro atoms. The van der Waals surface area contributed by atoms with Crippen LogP contribution < -0.4 is 35.3 Å². The van der Waals surface area contributed by atoms with E-state index in [0.29, 0.717) is 47.2 Å². The maximum absolute atomic E-state index is 13.4. The molecule has 0 radical (unpaired) electrons. The van der Waals surface area contributed by atoms with Crippen LogP contribution in [-0.2, 0) is 20.8 Å². The molecule has 3 aromatic rings. The van der Waals surface area contributed by atoms with Crippen LogP contribution in [0.5, 0.6) is 17.2 Å². The Morgan fingerprint density at radius 3 is 2.60 bits per heavy atom. The summed E-state index contributed by atoms with van der Waals surface area (Å²) in [6.45, 7) is 5.82. The van der Waals surface area contributed by atoms with Gasteiger partial charge in [0, 0.05) is 12.1 Å². The number of methoxy groups -OCH3 is 1. The number of ether oxygens (including phenoxy) is 5. The molecule has 3 heterocycles. The molecular formula is C29H33N5O9. The van der Waals surface area contributed by atoms with Gasteiger partial charge in [-0.05, 0) is 45.0 Å². The molecule has 14 heteroatoms. The van der Waals surface area contributed by atoms with Crippen molar-refractivity contribution in [2.45, 2.75) is 45.1 Å². The number of hydrogen-bond acceptors (Lipinski definition) is 10. The first-order valence-corrected chi connectivity index (χ1v) is 13.7. The van der Waals surface area contributed by atoms with Gasteiger partial charge in [0.1, 0.15) is 36.7 Å². The van der Waals surface area contributed by atoms with Crippen LogP contribution >= 0.6 is 0 Å². The number of anilines is 1.